The number of ether oxygens (including phenoxy) is 1. The van der Waals surface area contributed by atoms with Crippen LogP contribution in [0.4, 0.5) is 17.6 Å². The van der Waals surface area contributed by atoms with Crippen LogP contribution in [0.1, 0.15) is 5.56 Å². The molecule has 1 rings (SSSR count). The van der Waals surface area contributed by atoms with Crippen molar-refractivity contribution in [3.05, 3.63) is 36.5 Å². The summed E-state index contributed by atoms with van der Waals surface area (Å²) < 4.78 is 51.0. The van der Waals surface area contributed by atoms with Crippen LogP contribution in [0.25, 0.3) is 0 Å². The Bertz CT molecular complexity index is 306. The van der Waals surface area contributed by atoms with Gasteiger partial charge in [0.1, 0.15) is 11.6 Å². The quantitative estimate of drug-likeness (QED) is 0.623. The summed E-state index contributed by atoms with van der Waals surface area (Å²) in [5.41, 5.74) is -0.0151. The van der Waals surface area contributed by atoms with Crippen molar-refractivity contribution >= 4 is 0 Å². The fourth-order valence-electron chi connectivity index (χ4n) is 0.748. The summed E-state index contributed by atoms with van der Waals surface area (Å²) in [5.74, 6) is -1.42. The van der Waals surface area contributed by atoms with E-state index in [0.717, 1.165) is 12.1 Å². The Kier molecular flexibility index (Phi) is 2.45. The summed E-state index contributed by atoms with van der Waals surface area (Å²) in [6.45, 7) is 3.25. The van der Waals surface area contributed by atoms with Crippen LogP contribution >= 0.6 is 0 Å². The predicted molar refractivity (Wildman–Crippen MR) is 37.5 cm³/mol. The van der Waals surface area contributed by atoms with Crippen molar-refractivity contribution < 1.29 is 22.3 Å². The highest BCUT2D eigenvalue weighted by atomic mass is 19.4. The van der Waals surface area contributed by atoms with Gasteiger partial charge in [-0.1, -0.05) is 6.07 Å². The van der Waals surface area contributed by atoms with E-state index >= 15 is 0 Å². The van der Waals surface area contributed by atoms with Gasteiger partial charge in [-0.15, -0.1) is 13.2 Å². The van der Waals surface area contributed by atoms with Crippen molar-refractivity contribution in [2.75, 3.05) is 0 Å². The van der Waals surface area contributed by atoms with Crippen molar-refractivity contribution in [3.63, 3.8) is 0 Å². The Labute approximate surface area is 71.9 Å². The summed E-state index contributed by atoms with van der Waals surface area (Å²) in [4.78, 5) is 0. The molecule has 0 aliphatic heterocycles. The molecule has 0 aliphatic carbocycles. The number of alkyl halides is 3. The lowest BCUT2D eigenvalue weighted by molar-refractivity contribution is -0.274. The van der Waals surface area contributed by atoms with Crippen LogP contribution in [-0.2, 0) is 0 Å². The molecule has 13 heavy (non-hydrogen) atoms. The first kappa shape index (κ1) is 9.83. The standard InChI is InChI=1S/C8H5F4O/c1-5-2-3-6(9)4-7(5)13-8(10,11)12/h2-4H,1H2. The first-order valence-electron chi connectivity index (χ1n) is 3.26. The van der Waals surface area contributed by atoms with Gasteiger partial charge in [-0.05, 0) is 18.6 Å². The number of hydrogen-bond acceptors (Lipinski definition) is 1. The van der Waals surface area contributed by atoms with Gasteiger partial charge in [0.2, 0.25) is 0 Å². The maximum Gasteiger partial charge on any atom is 0.573 e. The molecule has 0 aromatic heterocycles. The molecule has 0 N–H and O–H groups in total. The van der Waals surface area contributed by atoms with Gasteiger partial charge in [-0.3, -0.25) is 0 Å². The van der Waals surface area contributed by atoms with Gasteiger partial charge < -0.3 is 4.74 Å². The van der Waals surface area contributed by atoms with Gasteiger partial charge >= 0.3 is 6.36 Å². The molecule has 0 amide bonds. The fraction of sp³-hybridized carbons (Fsp3) is 0.125. The predicted octanol–water partition coefficient (Wildman–Crippen LogP) is 2.91. The number of halogens is 4. The molecule has 1 aromatic carbocycles. The Morgan fingerprint density at radius 3 is 2.38 bits per heavy atom. The van der Waals surface area contributed by atoms with E-state index in [1.54, 1.807) is 0 Å². The Hall–Kier alpha value is -1.26. The second kappa shape index (κ2) is 3.24. The molecule has 0 aliphatic rings. The molecule has 71 valence electrons. The van der Waals surface area contributed by atoms with Gasteiger partial charge in [0.25, 0.3) is 0 Å². The third kappa shape index (κ3) is 2.93. The zero-order valence-electron chi connectivity index (χ0n) is 6.36. The van der Waals surface area contributed by atoms with Crippen LogP contribution in [0, 0.1) is 12.7 Å². The van der Waals surface area contributed by atoms with Crippen LogP contribution in [0.3, 0.4) is 0 Å². The third-order valence-corrected chi connectivity index (χ3v) is 1.25. The summed E-state index contributed by atoms with van der Waals surface area (Å²) in [5, 5.41) is 0. The van der Waals surface area contributed by atoms with E-state index in [4.69, 9.17) is 0 Å². The van der Waals surface area contributed by atoms with Crippen LogP contribution < -0.4 is 4.74 Å². The summed E-state index contributed by atoms with van der Waals surface area (Å²) in [7, 11) is 0. The van der Waals surface area contributed by atoms with Crippen LogP contribution in [0.15, 0.2) is 18.2 Å². The smallest absolute Gasteiger partial charge is 0.405 e. The zero-order valence-corrected chi connectivity index (χ0v) is 6.36. The minimum absolute atomic E-state index is 0.0151. The molecule has 0 fully saturated rings. The maximum atomic E-state index is 12.4. The molecule has 5 heteroatoms. The second-order valence-corrected chi connectivity index (χ2v) is 2.30. The molecule has 0 saturated carbocycles. The maximum absolute atomic E-state index is 12.4. The molecular weight excluding hydrogens is 188 g/mol. The summed E-state index contributed by atoms with van der Waals surface area (Å²) in [6.07, 6.45) is -4.82. The molecule has 1 aromatic rings. The highest BCUT2D eigenvalue weighted by Gasteiger charge is 2.31. The van der Waals surface area contributed by atoms with Crippen molar-refractivity contribution in [2.24, 2.45) is 0 Å². The first-order valence-corrected chi connectivity index (χ1v) is 3.26. The third-order valence-electron chi connectivity index (χ3n) is 1.25. The topological polar surface area (TPSA) is 9.23 Å². The van der Waals surface area contributed by atoms with Crippen molar-refractivity contribution in [1.29, 1.82) is 0 Å². The first-order chi connectivity index (χ1) is 5.88. The average molecular weight is 193 g/mol. The normalized spacial score (nSPS) is 11.5. The average Bonchev–Trinajstić information content (AvgIpc) is 1.94. The van der Waals surface area contributed by atoms with E-state index < -0.39 is 17.9 Å². The highest BCUT2D eigenvalue weighted by Crippen LogP contribution is 2.26. The SMILES string of the molecule is [CH2]c1ccc(F)cc1OC(F)(F)F. The van der Waals surface area contributed by atoms with Crippen LogP contribution in [0.5, 0.6) is 5.75 Å². The lowest BCUT2D eigenvalue weighted by Gasteiger charge is -2.10. The summed E-state index contributed by atoms with van der Waals surface area (Å²) in [6, 6.07) is 2.75. The van der Waals surface area contributed by atoms with E-state index in [0.29, 0.717) is 6.07 Å². The van der Waals surface area contributed by atoms with Gasteiger partial charge in [0.05, 0.1) is 0 Å². The molecular formula is C8H5F4O. The largest absolute Gasteiger partial charge is 0.573 e. The Morgan fingerprint density at radius 2 is 1.85 bits per heavy atom. The molecule has 0 bridgehead atoms. The van der Waals surface area contributed by atoms with Crippen molar-refractivity contribution in [1.82, 2.24) is 0 Å². The van der Waals surface area contributed by atoms with E-state index in [9.17, 15) is 17.6 Å². The molecule has 0 saturated heterocycles. The van der Waals surface area contributed by atoms with E-state index in [-0.39, 0.29) is 5.56 Å². The molecule has 1 radical (unpaired) electrons. The van der Waals surface area contributed by atoms with Gasteiger partial charge in [0.15, 0.2) is 0 Å². The van der Waals surface area contributed by atoms with Gasteiger partial charge in [-0.25, -0.2) is 4.39 Å². The fourth-order valence-corrected chi connectivity index (χ4v) is 0.748. The molecule has 0 heterocycles. The number of benzene rings is 1. The Balaban J connectivity index is 2.94. The monoisotopic (exact) mass is 193 g/mol. The lowest BCUT2D eigenvalue weighted by atomic mass is 10.2. The van der Waals surface area contributed by atoms with Crippen molar-refractivity contribution in [2.45, 2.75) is 6.36 Å². The highest BCUT2D eigenvalue weighted by molar-refractivity contribution is 5.36. The molecule has 0 atom stereocenters. The lowest BCUT2D eigenvalue weighted by Crippen LogP contribution is -2.17. The van der Waals surface area contributed by atoms with E-state index in [1.165, 1.54) is 0 Å². The van der Waals surface area contributed by atoms with Crippen LogP contribution in [-0.4, -0.2) is 6.36 Å². The van der Waals surface area contributed by atoms with Gasteiger partial charge in [-0.2, -0.15) is 0 Å². The number of hydrogen-bond donors (Lipinski definition) is 0. The zero-order chi connectivity index (χ0) is 10.1. The van der Waals surface area contributed by atoms with Crippen molar-refractivity contribution in [3.8, 4) is 5.75 Å². The molecule has 1 nitrogen and oxygen atoms in total. The van der Waals surface area contributed by atoms with E-state index in [1.807, 2.05) is 0 Å². The number of rotatable bonds is 1. The molecule has 0 spiro atoms. The van der Waals surface area contributed by atoms with Gasteiger partial charge in [0, 0.05) is 6.07 Å². The van der Waals surface area contributed by atoms with E-state index in [2.05, 4.69) is 11.7 Å². The minimum Gasteiger partial charge on any atom is -0.405 e. The summed E-state index contributed by atoms with van der Waals surface area (Å²) >= 11 is 0. The molecule has 0 unspecified atom stereocenters. The second-order valence-electron chi connectivity index (χ2n) is 2.30. The Morgan fingerprint density at radius 1 is 1.23 bits per heavy atom. The minimum atomic E-state index is -4.82. The van der Waals surface area contributed by atoms with Crippen LogP contribution in [0.2, 0.25) is 0 Å².